The Morgan fingerprint density at radius 1 is 0.926 bits per heavy atom. The van der Waals surface area contributed by atoms with E-state index in [4.69, 9.17) is 0 Å². The Morgan fingerprint density at radius 3 is 2.41 bits per heavy atom. The minimum absolute atomic E-state index is 0.104. The molecule has 0 aliphatic carbocycles. The van der Waals surface area contributed by atoms with Crippen molar-refractivity contribution in [3.8, 4) is 0 Å². The minimum Gasteiger partial charge on any atom is -0.361 e. The highest BCUT2D eigenvalue weighted by atomic mass is 19.4. The number of aromatic amines is 1. The molecular formula is C22H16F3NO. The fourth-order valence-electron chi connectivity index (χ4n) is 3.45. The number of carbonyl (C=O) groups is 1. The van der Waals surface area contributed by atoms with Gasteiger partial charge in [0.05, 0.1) is 5.92 Å². The monoisotopic (exact) mass is 367 g/mol. The average Bonchev–Trinajstić information content (AvgIpc) is 3.08. The van der Waals surface area contributed by atoms with Crippen LogP contribution >= 0.6 is 0 Å². The van der Waals surface area contributed by atoms with E-state index < -0.39 is 24.3 Å². The smallest absolute Gasteiger partial charge is 0.361 e. The summed E-state index contributed by atoms with van der Waals surface area (Å²) in [6.45, 7) is 0. The molecule has 2 nitrogen and oxygen atoms in total. The molecule has 3 aromatic carbocycles. The molecule has 1 atom stereocenters. The molecule has 0 saturated heterocycles. The molecule has 0 aliphatic rings. The number of halogens is 3. The summed E-state index contributed by atoms with van der Waals surface area (Å²) in [5, 5.41) is 2.27. The molecule has 0 spiro atoms. The van der Waals surface area contributed by atoms with Gasteiger partial charge in [0, 0.05) is 29.1 Å². The lowest BCUT2D eigenvalue weighted by atomic mass is 9.90. The Labute approximate surface area is 153 Å². The molecule has 4 aromatic rings. The molecular weight excluding hydrogens is 351 g/mol. The lowest BCUT2D eigenvalue weighted by Crippen LogP contribution is -2.23. The van der Waals surface area contributed by atoms with Gasteiger partial charge in [0.1, 0.15) is 0 Å². The van der Waals surface area contributed by atoms with Crippen LogP contribution in [0, 0.1) is 0 Å². The van der Waals surface area contributed by atoms with Gasteiger partial charge in [-0.3, -0.25) is 4.79 Å². The van der Waals surface area contributed by atoms with Gasteiger partial charge in [-0.15, -0.1) is 0 Å². The molecule has 0 bridgehead atoms. The van der Waals surface area contributed by atoms with Crippen molar-refractivity contribution in [1.29, 1.82) is 0 Å². The number of aromatic nitrogens is 1. The van der Waals surface area contributed by atoms with Crippen molar-refractivity contribution < 1.29 is 18.0 Å². The topological polar surface area (TPSA) is 32.9 Å². The molecule has 1 N–H and O–H groups in total. The van der Waals surface area contributed by atoms with E-state index in [1.165, 1.54) is 6.20 Å². The molecule has 1 heterocycles. The zero-order valence-corrected chi connectivity index (χ0v) is 14.3. The van der Waals surface area contributed by atoms with E-state index in [0.29, 0.717) is 16.5 Å². The van der Waals surface area contributed by atoms with Gasteiger partial charge >= 0.3 is 6.18 Å². The van der Waals surface area contributed by atoms with E-state index in [1.54, 1.807) is 42.5 Å². The van der Waals surface area contributed by atoms with Crippen molar-refractivity contribution >= 4 is 27.5 Å². The summed E-state index contributed by atoms with van der Waals surface area (Å²) in [5.74, 6) is -2.37. The Morgan fingerprint density at radius 2 is 1.63 bits per heavy atom. The second kappa shape index (κ2) is 6.58. The highest BCUT2D eigenvalue weighted by molar-refractivity contribution is 6.00. The number of ketones is 1. The van der Waals surface area contributed by atoms with Crippen LogP contribution in [-0.2, 0) is 0 Å². The lowest BCUT2D eigenvalue weighted by Gasteiger charge is -2.19. The van der Waals surface area contributed by atoms with Crippen molar-refractivity contribution in [2.24, 2.45) is 0 Å². The third-order valence-corrected chi connectivity index (χ3v) is 4.85. The largest absolute Gasteiger partial charge is 0.396 e. The maximum absolute atomic E-state index is 13.8. The van der Waals surface area contributed by atoms with E-state index in [0.717, 1.165) is 10.8 Å². The fourth-order valence-corrected chi connectivity index (χ4v) is 3.45. The van der Waals surface area contributed by atoms with Gasteiger partial charge in [0.2, 0.25) is 0 Å². The van der Waals surface area contributed by atoms with E-state index in [9.17, 15) is 18.0 Å². The number of carbonyl (C=O) groups excluding carboxylic acids is 1. The SMILES string of the molecule is O=C(C[C@H](c1c[nH]c2ccccc12)C(F)(F)F)c1ccc2ccccc2c1. The molecule has 4 rings (SSSR count). The first-order valence-corrected chi connectivity index (χ1v) is 8.58. The van der Waals surface area contributed by atoms with Crippen LogP contribution in [0.4, 0.5) is 13.2 Å². The fraction of sp³-hybridized carbons (Fsp3) is 0.136. The summed E-state index contributed by atoms with van der Waals surface area (Å²) >= 11 is 0. The van der Waals surface area contributed by atoms with Crippen molar-refractivity contribution in [3.63, 3.8) is 0 Å². The molecule has 1 aromatic heterocycles. The van der Waals surface area contributed by atoms with Gasteiger partial charge in [0.25, 0.3) is 0 Å². The summed E-state index contributed by atoms with van der Waals surface area (Å²) in [6, 6.07) is 19.3. The van der Waals surface area contributed by atoms with Crippen molar-refractivity contribution in [2.75, 3.05) is 0 Å². The van der Waals surface area contributed by atoms with Crippen LogP contribution in [0.2, 0.25) is 0 Å². The summed E-state index contributed by atoms with van der Waals surface area (Å²) in [4.78, 5) is 15.5. The van der Waals surface area contributed by atoms with Crippen LogP contribution in [0.1, 0.15) is 28.3 Å². The summed E-state index contributed by atoms with van der Waals surface area (Å²) in [6.07, 6.45) is -3.78. The molecule has 27 heavy (non-hydrogen) atoms. The minimum atomic E-state index is -4.52. The predicted molar refractivity (Wildman–Crippen MR) is 100.0 cm³/mol. The summed E-state index contributed by atoms with van der Waals surface area (Å²) in [7, 11) is 0. The highest BCUT2D eigenvalue weighted by Crippen LogP contribution is 2.41. The van der Waals surface area contributed by atoms with Crippen LogP contribution in [0.5, 0.6) is 0 Å². The standard InChI is InChI=1S/C22H16F3NO/c23-22(24,25)19(18-13-26-20-8-4-3-7-17(18)20)12-21(27)16-10-9-14-5-1-2-6-15(14)11-16/h1-11,13,19,26H,12H2/t19-/m1/s1. The maximum atomic E-state index is 13.8. The zero-order valence-electron chi connectivity index (χ0n) is 14.3. The average molecular weight is 367 g/mol. The number of para-hydroxylation sites is 1. The second-order valence-corrected chi connectivity index (χ2v) is 6.57. The third-order valence-electron chi connectivity index (χ3n) is 4.85. The molecule has 136 valence electrons. The highest BCUT2D eigenvalue weighted by Gasteiger charge is 2.43. The van der Waals surface area contributed by atoms with Crippen molar-refractivity contribution in [3.05, 3.63) is 84.1 Å². The van der Waals surface area contributed by atoms with Crippen LogP contribution < -0.4 is 0 Å². The maximum Gasteiger partial charge on any atom is 0.396 e. The van der Waals surface area contributed by atoms with E-state index >= 15 is 0 Å². The molecule has 0 amide bonds. The Hall–Kier alpha value is -3.08. The zero-order chi connectivity index (χ0) is 19.0. The molecule has 5 heteroatoms. The van der Waals surface area contributed by atoms with E-state index in [-0.39, 0.29) is 5.56 Å². The Balaban J connectivity index is 1.70. The number of alkyl halides is 3. The molecule has 0 saturated carbocycles. The van der Waals surface area contributed by atoms with Gasteiger partial charge in [-0.25, -0.2) is 0 Å². The molecule has 0 unspecified atom stereocenters. The molecule has 0 radical (unpaired) electrons. The number of H-pyrrole nitrogens is 1. The number of hydrogen-bond donors (Lipinski definition) is 1. The number of hydrogen-bond acceptors (Lipinski definition) is 1. The first-order chi connectivity index (χ1) is 12.9. The lowest BCUT2D eigenvalue weighted by molar-refractivity contribution is -0.149. The Bertz CT molecular complexity index is 1130. The number of nitrogens with one attached hydrogen (secondary N) is 1. The van der Waals surface area contributed by atoms with Gasteiger partial charge in [-0.05, 0) is 28.5 Å². The molecule has 0 fully saturated rings. The first-order valence-electron chi connectivity index (χ1n) is 8.58. The van der Waals surface area contributed by atoms with Crippen LogP contribution in [0.25, 0.3) is 21.7 Å². The van der Waals surface area contributed by atoms with Gasteiger partial charge in [-0.1, -0.05) is 54.6 Å². The summed E-state index contributed by atoms with van der Waals surface area (Å²) < 4.78 is 41.3. The number of fused-ring (bicyclic) bond motifs is 2. The van der Waals surface area contributed by atoms with Gasteiger partial charge in [-0.2, -0.15) is 13.2 Å². The third kappa shape index (κ3) is 3.33. The number of Topliss-reactive ketones (excluding diaryl/α,β-unsaturated/α-hetero) is 1. The van der Waals surface area contributed by atoms with Crippen molar-refractivity contribution in [1.82, 2.24) is 4.98 Å². The molecule has 0 aliphatic heterocycles. The summed E-state index contributed by atoms with van der Waals surface area (Å²) in [5.41, 5.74) is 1.02. The van der Waals surface area contributed by atoms with Gasteiger partial charge in [0.15, 0.2) is 5.78 Å². The van der Waals surface area contributed by atoms with E-state index in [2.05, 4.69) is 4.98 Å². The predicted octanol–water partition coefficient (Wildman–Crippen LogP) is 6.24. The van der Waals surface area contributed by atoms with Crippen LogP contribution in [0.15, 0.2) is 72.9 Å². The van der Waals surface area contributed by atoms with Crippen LogP contribution in [0.3, 0.4) is 0 Å². The van der Waals surface area contributed by atoms with Crippen LogP contribution in [-0.4, -0.2) is 16.9 Å². The van der Waals surface area contributed by atoms with Crippen molar-refractivity contribution in [2.45, 2.75) is 18.5 Å². The second-order valence-electron chi connectivity index (χ2n) is 6.57. The van der Waals surface area contributed by atoms with E-state index in [1.807, 2.05) is 24.3 Å². The quantitative estimate of drug-likeness (QED) is 0.426. The normalized spacial score (nSPS) is 13.1. The number of rotatable bonds is 4. The van der Waals surface area contributed by atoms with Gasteiger partial charge < -0.3 is 4.98 Å². The number of benzene rings is 3. The Kier molecular flexibility index (Phi) is 4.22. The first kappa shape index (κ1) is 17.3.